The van der Waals surface area contributed by atoms with Crippen molar-refractivity contribution in [2.45, 2.75) is 37.0 Å². The van der Waals surface area contributed by atoms with E-state index in [1.807, 2.05) is 30.0 Å². The van der Waals surface area contributed by atoms with Crippen molar-refractivity contribution in [2.24, 2.45) is 0 Å². The van der Waals surface area contributed by atoms with Gasteiger partial charge in [0.1, 0.15) is 11.1 Å². The average molecular weight is 352 g/mol. The molecular formula is C17H16N6OS. The van der Waals surface area contributed by atoms with E-state index >= 15 is 0 Å². The van der Waals surface area contributed by atoms with Crippen LogP contribution in [0.3, 0.4) is 0 Å². The molecule has 0 spiro atoms. The van der Waals surface area contributed by atoms with Crippen LogP contribution >= 0.6 is 11.8 Å². The van der Waals surface area contributed by atoms with Crippen molar-refractivity contribution in [3.63, 3.8) is 0 Å². The third-order valence-electron chi connectivity index (χ3n) is 4.54. The summed E-state index contributed by atoms with van der Waals surface area (Å²) in [7, 11) is 0. The van der Waals surface area contributed by atoms with Crippen molar-refractivity contribution in [1.29, 1.82) is 0 Å². The van der Waals surface area contributed by atoms with Gasteiger partial charge in [0.25, 0.3) is 11.1 Å². The lowest BCUT2D eigenvalue weighted by Crippen LogP contribution is -2.21. The topological polar surface area (TPSA) is 70.0 Å². The van der Waals surface area contributed by atoms with Crippen LogP contribution in [0.1, 0.15) is 25.5 Å². The standard InChI is InChI=1S/C17H16N6OS/c1-4-22-15(24)12-10-20-16(25-3)21-14(12)23(22)11-5-8-19-13(9-11)17(18-2)6-7-17/h5,8-10H,4,6-7H2,1,3H3. The molecule has 126 valence electrons. The fraction of sp³-hybridized carbons (Fsp3) is 0.353. The Morgan fingerprint density at radius 2 is 2.20 bits per heavy atom. The van der Waals surface area contributed by atoms with Crippen LogP contribution in [0.5, 0.6) is 0 Å². The highest BCUT2D eigenvalue weighted by atomic mass is 32.2. The summed E-state index contributed by atoms with van der Waals surface area (Å²) in [5.41, 5.74) is 1.52. The first-order valence-corrected chi connectivity index (χ1v) is 9.24. The van der Waals surface area contributed by atoms with Gasteiger partial charge in [-0.3, -0.25) is 9.78 Å². The number of aromatic nitrogens is 5. The number of fused-ring (bicyclic) bond motifs is 1. The number of thioether (sulfide) groups is 1. The summed E-state index contributed by atoms with van der Waals surface area (Å²) in [4.78, 5) is 29.6. The van der Waals surface area contributed by atoms with Gasteiger partial charge in [-0.15, -0.1) is 0 Å². The molecule has 0 bridgehead atoms. The van der Waals surface area contributed by atoms with E-state index in [2.05, 4.69) is 19.8 Å². The lowest BCUT2D eigenvalue weighted by atomic mass is 10.1. The number of rotatable bonds is 4. The Hall–Kier alpha value is -2.66. The summed E-state index contributed by atoms with van der Waals surface area (Å²) in [6, 6.07) is 3.74. The first-order valence-electron chi connectivity index (χ1n) is 8.01. The van der Waals surface area contributed by atoms with Crippen LogP contribution in [0.25, 0.3) is 21.6 Å². The largest absolute Gasteiger partial charge is 0.303 e. The van der Waals surface area contributed by atoms with E-state index in [0.717, 1.165) is 24.2 Å². The zero-order valence-electron chi connectivity index (χ0n) is 13.9. The third kappa shape index (κ3) is 2.35. The zero-order valence-corrected chi connectivity index (χ0v) is 14.7. The maximum Gasteiger partial charge on any atom is 0.278 e. The molecule has 1 aliphatic rings. The fourth-order valence-electron chi connectivity index (χ4n) is 3.01. The Balaban J connectivity index is 1.99. The predicted octanol–water partition coefficient (Wildman–Crippen LogP) is 2.63. The fourth-order valence-corrected chi connectivity index (χ4v) is 3.34. The first-order chi connectivity index (χ1) is 12.1. The van der Waals surface area contributed by atoms with Crippen molar-refractivity contribution in [2.75, 3.05) is 6.26 Å². The van der Waals surface area contributed by atoms with Crippen LogP contribution in [0, 0.1) is 6.57 Å². The predicted molar refractivity (Wildman–Crippen MR) is 95.9 cm³/mol. The highest BCUT2D eigenvalue weighted by molar-refractivity contribution is 7.98. The van der Waals surface area contributed by atoms with Crippen LogP contribution < -0.4 is 5.56 Å². The summed E-state index contributed by atoms with van der Waals surface area (Å²) < 4.78 is 3.45. The zero-order chi connectivity index (χ0) is 17.6. The number of hydrogen-bond acceptors (Lipinski definition) is 5. The summed E-state index contributed by atoms with van der Waals surface area (Å²) in [5.74, 6) is 0. The summed E-state index contributed by atoms with van der Waals surface area (Å²) in [6.07, 6.45) is 6.85. The molecule has 0 saturated heterocycles. The van der Waals surface area contributed by atoms with E-state index in [1.165, 1.54) is 11.8 Å². The molecule has 0 unspecified atom stereocenters. The second kappa shape index (κ2) is 5.70. The molecule has 0 aliphatic heterocycles. The van der Waals surface area contributed by atoms with E-state index in [9.17, 15) is 4.79 Å². The number of hydrogen-bond donors (Lipinski definition) is 0. The molecule has 25 heavy (non-hydrogen) atoms. The lowest BCUT2D eigenvalue weighted by molar-refractivity contribution is 0.573. The van der Waals surface area contributed by atoms with E-state index in [-0.39, 0.29) is 5.56 Å². The van der Waals surface area contributed by atoms with Crippen molar-refractivity contribution in [3.05, 3.63) is 52.0 Å². The van der Waals surface area contributed by atoms with Gasteiger partial charge in [0.2, 0.25) is 0 Å². The molecule has 1 aliphatic carbocycles. The molecular weight excluding hydrogens is 336 g/mol. The van der Waals surface area contributed by atoms with E-state index in [4.69, 9.17) is 6.57 Å². The normalized spacial score (nSPS) is 15.2. The van der Waals surface area contributed by atoms with Gasteiger partial charge in [-0.05, 0) is 25.3 Å². The summed E-state index contributed by atoms with van der Waals surface area (Å²) >= 11 is 1.43. The van der Waals surface area contributed by atoms with Gasteiger partial charge in [-0.2, -0.15) is 0 Å². The van der Waals surface area contributed by atoms with Crippen LogP contribution in [0.4, 0.5) is 0 Å². The van der Waals surface area contributed by atoms with Crippen LogP contribution in [0.2, 0.25) is 0 Å². The Bertz CT molecular complexity index is 1070. The van der Waals surface area contributed by atoms with Gasteiger partial charge < -0.3 is 4.85 Å². The molecule has 1 fully saturated rings. The van der Waals surface area contributed by atoms with E-state index < -0.39 is 5.54 Å². The molecule has 0 radical (unpaired) electrons. The maximum atomic E-state index is 12.7. The molecule has 0 N–H and O–H groups in total. The van der Waals surface area contributed by atoms with Gasteiger partial charge in [0.15, 0.2) is 10.8 Å². The number of nitrogens with zero attached hydrogens (tertiary/aromatic N) is 6. The van der Waals surface area contributed by atoms with Crippen molar-refractivity contribution < 1.29 is 0 Å². The summed E-state index contributed by atoms with van der Waals surface area (Å²) in [6.45, 7) is 9.88. The highest BCUT2D eigenvalue weighted by Gasteiger charge is 2.54. The van der Waals surface area contributed by atoms with Gasteiger partial charge in [0, 0.05) is 31.8 Å². The minimum atomic E-state index is -0.490. The Labute approximate surface area is 148 Å². The third-order valence-corrected chi connectivity index (χ3v) is 5.10. The summed E-state index contributed by atoms with van der Waals surface area (Å²) in [5, 5.41) is 1.10. The van der Waals surface area contributed by atoms with Crippen molar-refractivity contribution in [3.8, 4) is 5.69 Å². The molecule has 4 rings (SSSR count). The molecule has 3 heterocycles. The van der Waals surface area contributed by atoms with Gasteiger partial charge in [0.05, 0.1) is 5.69 Å². The molecule has 3 aromatic heterocycles. The second-order valence-electron chi connectivity index (χ2n) is 5.97. The SMILES string of the molecule is [C-]#[N+]C1(c2cc(-n3c4nc(SC)ncc4c(=O)n3CC)ccn2)CC1. The molecule has 0 amide bonds. The van der Waals surface area contributed by atoms with Crippen LogP contribution in [0.15, 0.2) is 34.5 Å². The van der Waals surface area contributed by atoms with E-state index in [0.29, 0.717) is 22.7 Å². The van der Waals surface area contributed by atoms with Gasteiger partial charge in [-0.1, -0.05) is 11.8 Å². The Kier molecular flexibility index (Phi) is 3.62. The van der Waals surface area contributed by atoms with Crippen molar-refractivity contribution in [1.82, 2.24) is 24.3 Å². The smallest absolute Gasteiger partial charge is 0.278 e. The van der Waals surface area contributed by atoms with Crippen LogP contribution in [-0.4, -0.2) is 30.6 Å². The first kappa shape index (κ1) is 15.8. The Morgan fingerprint density at radius 3 is 2.84 bits per heavy atom. The Morgan fingerprint density at radius 1 is 1.40 bits per heavy atom. The lowest BCUT2D eigenvalue weighted by Gasteiger charge is -2.12. The minimum absolute atomic E-state index is 0.116. The highest BCUT2D eigenvalue weighted by Crippen LogP contribution is 2.48. The minimum Gasteiger partial charge on any atom is -0.303 e. The average Bonchev–Trinajstić information content (AvgIpc) is 3.41. The van der Waals surface area contributed by atoms with Crippen molar-refractivity contribution >= 4 is 22.8 Å². The molecule has 0 aromatic carbocycles. The monoisotopic (exact) mass is 352 g/mol. The maximum absolute atomic E-state index is 12.7. The number of pyridine rings is 1. The molecule has 7 nitrogen and oxygen atoms in total. The van der Waals surface area contributed by atoms with Gasteiger partial charge >= 0.3 is 0 Å². The molecule has 0 atom stereocenters. The van der Waals surface area contributed by atoms with Gasteiger partial charge in [-0.25, -0.2) is 25.9 Å². The molecule has 8 heteroatoms. The van der Waals surface area contributed by atoms with Crippen LogP contribution in [-0.2, 0) is 12.1 Å². The molecule has 3 aromatic rings. The quantitative estimate of drug-likeness (QED) is 0.410. The molecule has 1 saturated carbocycles. The second-order valence-corrected chi connectivity index (χ2v) is 6.74. The van der Waals surface area contributed by atoms with E-state index in [1.54, 1.807) is 17.1 Å².